The van der Waals surface area contributed by atoms with Crippen molar-refractivity contribution in [1.82, 2.24) is 10.4 Å². The predicted octanol–water partition coefficient (Wildman–Crippen LogP) is 2.33. The van der Waals surface area contributed by atoms with Gasteiger partial charge in [0.1, 0.15) is 0 Å². The van der Waals surface area contributed by atoms with Gasteiger partial charge in [-0.05, 0) is 54.2 Å². The summed E-state index contributed by atoms with van der Waals surface area (Å²) in [5, 5.41) is 3.99. The monoisotopic (exact) mass is 265 g/mol. The predicted molar refractivity (Wildman–Crippen MR) is 77.8 cm³/mol. The highest BCUT2D eigenvalue weighted by atomic mass is 16.2. The van der Waals surface area contributed by atoms with Gasteiger partial charge in [-0.2, -0.15) is 5.10 Å². The van der Waals surface area contributed by atoms with Crippen LogP contribution in [0.15, 0.2) is 47.8 Å². The van der Waals surface area contributed by atoms with Gasteiger partial charge in [-0.3, -0.25) is 9.78 Å². The second-order valence-corrected chi connectivity index (χ2v) is 4.82. The summed E-state index contributed by atoms with van der Waals surface area (Å²) in [6, 6.07) is 9.74. The standard InChI is InChI=1S/C16H15N3O/c20-16(15-5-2-8-17-11-15)19-18-10-12-6-7-13-3-1-4-14(13)9-12/h2,5-11H,1,3-4H2,(H,19,20)/b18-10-. The molecule has 1 heterocycles. The summed E-state index contributed by atoms with van der Waals surface area (Å²) < 4.78 is 0. The third kappa shape index (κ3) is 2.74. The van der Waals surface area contributed by atoms with Crippen molar-refractivity contribution in [2.75, 3.05) is 0 Å². The van der Waals surface area contributed by atoms with Crippen LogP contribution in [0.5, 0.6) is 0 Å². The highest BCUT2D eigenvalue weighted by molar-refractivity contribution is 5.94. The second-order valence-electron chi connectivity index (χ2n) is 4.82. The van der Waals surface area contributed by atoms with Crippen LogP contribution in [0.1, 0.15) is 33.5 Å². The summed E-state index contributed by atoms with van der Waals surface area (Å²) in [5.41, 5.74) is 6.84. The Balaban J connectivity index is 1.65. The van der Waals surface area contributed by atoms with E-state index in [1.54, 1.807) is 24.5 Å². The summed E-state index contributed by atoms with van der Waals surface area (Å²) in [6.07, 6.45) is 8.36. The molecular weight excluding hydrogens is 250 g/mol. The number of nitrogens with one attached hydrogen (secondary N) is 1. The van der Waals surface area contributed by atoms with Gasteiger partial charge in [0.25, 0.3) is 5.91 Å². The van der Waals surface area contributed by atoms with Crippen LogP contribution in [0.25, 0.3) is 0 Å². The molecule has 0 saturated carbocycles. The number of hydrogen-bond acceptors (Lipinski definition) is 3. The maximum Gasteiger partial charge on any atom is 0.272 e. The van der Waals surface area contributed by atoms with E-state index in [9.17, 15) is 4.79 Å². The molecule has 4 nitrogen and oxygen atoms in total. The van der Waals surface area contributed by atoms with Crippen molar-refractivity contribution in [1.29, 1.82) is 0 Å². The summed E-state index contributed by atoms with van der Waals surface area (Å²) in [6.45, 7) is 0. The van der Waals surface area contributed by atoms with Crippen LogP contribution in [-0.2, 0) is 12.8 Å². The average Bonchev–Trinajstić information content (AvgIpc) is 2.95. The number of benzene rings is 1. The summed E-state index contributed by atoms with van der Waals surface area (Å²) in [5.74, 6) is -0.254. The molecule has 3 rings (SSSR count). The molecule has 0 aliphatic heterocycles. The lowest BCUT2D eigenvalue weighted by atomic mass is 10.1. The first-order chi connectivity index (χ1) is 9.83. The zero-order valence-electron chi connectivity index (χ0n) is 11.0. The SMILES string of the molecule is O=C(N/N=C\c1ccc2c(c1)CCC2)c1cccnc1. The van der Waals surface area contributed by atoms with Crippen LogP contribution >= 0.6 is 0 Å². The summed E-state index contributed by atoms with van der Waals surface area (Å²) in [4.78, 5) is 15.7. The van der Waals surface area contributed by atoms with E-state index in [0.29, 0.717) is 5.56 Å². The number of aryl methyl sites for hydroxylation is 2. The first-order valence-corrected chi connectivity index (χ1v) is 6.68. The minimum absolute atomic E-state index is 0.254. The second kappa shape index (κ2) is 5.65. The normalized spacial score (nSPS) is 13.4. The van der Waals surface area contributed by atoms with Gasteiger partial charge in [-0.25, -0.2) is 5.43 Å². The van der Waals surface area contributed by atoms with Crippen molar-refractivity contribution in [2.24, 2.45) is 5.10 Å². The number of nitrogens with zero attached hydrogens (tertiary/aromatic N) is 2. The molecule has 2 aromatic rings. The third-order valence-electron chi connectivity index (χ3n) is 3.43. The lowest BCUT2D eigenvalue weighted by Crippen LogP contribution is -2.17. The Labute approximate surface area is 117 Å². The van der Waals surface area contributed by atoms with E-state index in [-0.39, 0.29) is 5.91 Å². The maximum absolute atomic E-state index is 11.8. The fourth-order valence-electron chi connectivity index (χ4n) is 2.40. The number of fused-ring (bicyclic) bond motifs is 1. The molecule has 1 aromatic heterocycles. The average molecular weight is 265 g/mol. The van der Waals surface area contributed by atoms with Crippen LogP contribution in [0.3, 0.4) is 0 Å². The van der Waals surface area contributed by atoms with E-state index in [1.807, 2.05) is 6.07 Å². The molecule has 20 heavy (non-hydrogen) atoms. The molecule has 0 bridgehead atoms. The lowest BCUT2D eigenvalue weighted by Gasteiger charge is -2.01. The Morgan fingerprint density at radius 2 is 2.15 bits per heavy atom. The topological polar surface area (TPSA) is 54.4 Å². The Morgan fingerprint density at radius 3 is 3.00 bits per heavy atom. The van der Waals surface area contributed by atoms with Gasteiger partial charge >= 0.3 is 0 Å². The number of carbonyl (C=O) groups is 1. The molecule has 1 amide bonds. The van der Waals surface area contributed by atoms with Crippen LogP contribution in [0, 0.1) is 0 Å². The fourth-order valence-corrected chi connectivity index (χ4v) is 2.40. The zero-order valence-corrected chi connectivity index (χ0v) is 11.0. The van der Waals surface area contributed by atoms with Crippen molar-refractivity contribution in [3.63, 3.8) is 0 Å². The summed E-state index contributed by atoms with van der Waals surface area (Å²) in [7, 11) is 0. The van der Waals surface area contributed by atoms with Gasteiger partial charge in [0.15, 0.2) is 0 Å². The van der Waals surface area contributed by atoms with E-state index >= 15 is 0 Å². The highest BCUT2D eigenvalue weighted by Gasteiger charge is 2.10. The molecule has 0 radical (unpaired) electrons. The van der Waals surface area contributed by atoms with E-state index in [1.165, 1.54) is 30.2 Å². The first-order valence-electron chi connectivity index (χ1n) is 6.68. The van der Waals surface area contributed by atoms with Crippen molar-refractivity contribution < 1.29 is 4.79 Å². The molecule has 100 valence electrons. The van der Waals surface area contributed by atoms with Gasteiger partial charge in [0, 0.05) is 12.4 Å². The molecule has 0 spiro atoms. The molecular formula is C16H15N3O. The van der Waals surface area contributed by atoms with Gasteiger partial charge < -0.3 is 0 Å². The van der Waals surface area contributed by atoms with Crippen LogP contribution < -0.4 is 5.43 Å². The lowest BCUT2D eigenvalue weighted by molar-refractivity contribution is 0.0955. The molecule has 0 saturated heterocycles. The largest absolute Gasteiger partial charge is 0.272 e. The summed E-state index contributed by atoms with van der Waals surface area (Å²) >= 11 is 0. The third-order valence-corrected chi connectivity index (χ3v) is 3.43. The van der Waals surface area contributed by atoms with Crippen LogP contribution in [0.2, 0.25) is 0 Å². The van der Waals surface area contributed by atoms with Crippen molar-refractivity contribution >= 4 is 12.1 Å². The first kappa shape index (κ1) is 12.5. The molecule has 1 aliphatic rings. The number of hydrogen-bond donors (Lipinski definition) is 1. The molecule has 1 aliphatic carbocycles. The van der Waals surface area contributed by atoms with Gasteiger partial charge in [0.05, 0.1) is 11.8 Å². The Bertz CT molecular complexity index is 650. The number of rotatable bonds is 3. The van der Waals surface area contributed by atoms with Crippen molar-refractivity contribution in [3.8, 4) is 0 Å². The molecule has 0 unspecified atom stereocenters. The smallest absolute Gasteiger partial charge is 0.267 e. The Morgan fingerprint density at radius 1 is 1.25 bits per heavy atom. The maximum atomic E-state index is 11.8. The van der Waals surface area contributed by atoms with Crippen LogP contribution in [0.4, 0.5) is 0 Å². The van der Waals surface area contributed by atoms with Gasteiger partial charge in [-0.15, -0.1) is 0 Å². The molecule has 0 fully saturated rings. The van der Waals surface area contributed by atoms with Crippen molar-refractivity contribution in [3.05, 3.63) is 65.0 Å². The minimum Gasteiger partial charge on any atom is -0.267 e. The highest BCUT2D eigenvalue weighted by Crippen LogP contribution is 2.22. The quantitative estimate of drug-likeness (QED) is 0.684. The van der Waals surface area contributed by atoms with Gasteiger partial charge in [0.2, 0.25) is 0 Å². The Hall–Kier alpha value is -2.49. The van der Waals surface area contributed by atoms with E-state index in [2.05, 4.69) is 27.6 Å². The molecule has 0 atom stereocenters. The van der Waals surface area contributed by atoms with E-state index in [0.717, 1.165) is 12.0 Å². The number of hydrazone groups is 1. The molecule has 1 aromatic carbocycles. The minimum atomic E-state index is -0.254. The molecule has 1 N–H and O–H groups in total. The number of aromatic nitrogens is 1. The number of amides is 1. The van der Waals surface area contributed by atoms with Crippen LogP contribution in [-0.4, -0.2) is 17.1 Å². The zero-order chi connectivity index (χ0) is 13.8. The van der Waals surface area contributed by atoms with Crippen molar-refractivity contribution in [2.45, 2.75) is 19.3 Å². The Kier molecular flexibility index (Phi) is 3.54. The van der Waals surface area contributed by atoms with Gasteiger partial charge in [-0.1, -0.05) is 12.1 Å². The fraction of sp³-hybridized carbons (Fsp3) is 0.188. The number of pyridine rings is 1. The van der Waals surface area contributed by atoms with E-state index in [4.69, 9.17) is 0 Å². The number of carbonyl (C=O) groups excluding carboxylic acids is 1. The van der Waals surface area contributed by atoms with E-state index < -0.39 is 0 Å². The molecule has 4 heteroatoms.